The van der Waals surface area contributed by atoms with Gasteiger partial charge in [0.25, 0.3) is 0 Å². The van der Waals surface area contributed by atoms with E-state index in [0.717, 1.165) is 27.7 Å². The number of nitrogens with zero attached hydrogens (tertiary/aromatic N) is 1. The number of aromatic nitrogens is 1. The van der Waals surface area contributed by atoms with Gasteiger partial charge in [0.2, 0.25) is 5.91 Å². The maximum absolute atomic E-state index is 13.5. The van der Waals surface area contributed by atoms with Crippen molar-refractivity contribution < 1.29 is 9.18 Å². The van der Waals surface area contributed by atoms with Gasteiger partial charge >= 0.3 is 0 Å². The molecule has 3 rings (SSSR count). The summed E-state index contributed by atoms with van der Waals surface area (Å²) in [5.41, 5.74) is 4.00. The molecule has 1 amide bonds. The van der Waals surface area contributed by atoms with Gasteiger partial charge < -0.3 is 10.3 Å². The van der Waals surface area contributed by atoms with Gasteiger partial charge in [0.1, 0.15) is 5.82 Å². The number of H-pyrrole nitrogens is 1. The van der Waals surface area contributed by atoms with Crippen LogP contribution in [-0.4, -0.2) is 10.9 Å². The highest BCUT2D eigenvalue weighted by atomic mass is 19.1. The maximum Gasteiger partial charge on any atom is 0.224 e. The summed E-state index contributed by atoms with van der Waals surface area (Å²) in [7, 11) is 0. The van der Waals surface area contributed by atoms with Gasteiger partial charge in [0, 0.05) is 23.1 Å². The Morgan fingerprint density at radius 2 is 2.00 bits per heavy atom. The molecule has 0 atom stereocenters. The molecular formula is C19H16FN3O. The molecule has 2 N–H and O–H groups in total. The number of aryl methyl sites for hydroxylation is 1. The van der Waals surface area contributed by atoms with Crippen LogP contribution in [0.25, 0.3) is 10.9 Å². The molecule has 0 spiro atoms. The third-order valence-electron chi connectivity index (χ3n) is 3.99. The van der Waals surface area contributed by atoms with Crippen LogP contribution in [-0.2, 0) is 17.8 Å². The van der Waals surface area contributed by atoms with Crippen LogP contribution < -0.4 is 5.32 Å². The van der Waals surface area contributed by atoms with Crippen molar-refractivity contribution in [3.8, 4) is 6.07 Å². The topological polar surface area (TPSA) is 68.7 Å². The van der Waals surface area contributed by atoms with Crippen molar-refractivity contribution in [1.82, 2.24) is 10.3 Å². The number of carbonyl (C=O) groups excluding carboxylic acids is 1. The van der Waals surface area contributed by atoms with Crippen molar-refractivity contribution in [1.29, 1.82) is 5.26 Å². The van der Waals surface area contributed by atoms with Gasteiger partial charge in [-0.05, 0) is 48.4 Å². The zero-order chi connectivity index (χ0) is 17.1. The van der Waals surface area contributed by atoms with Crippen molar-refractivity contribution in [2.45, 2.75) is 19.9 Å². The average Bonchev–Trinajstić information content (AvgIpc) is 2.89. The number of hydrogen-bond acceptors (Lipinski definition) is 2. The first-order valence-electron chi connectivity index (χ1n) is 7.59. The van der Waals surface area contributed by atoms with E-state index in [1.807, 2.05) is 19.1 Å². The zero-order valence-electron chi connectivity index (χ0n) is 13.2. The van der Waals surface area contributed by atoms with E-state index < -0.39 is 0 Å². The van der Waals surface area contributed by atoms with Crippen molar-refractivity contribution in [2.24, 2.45) is 0 Å². The second-order valence-corrected chi connectivity index (χ2v) is 5.68. The van der Waals surface area contributed by atoms with Gasteiger partial charge in [0.15, 0.2) is 0 Å². The van der Waals surface area contributed by atoms with Crippen LogP contribution >= 0.6 is 0 Å². The number of hydrogen-bond donors (Lipinski definition) is 2. The molecule has 3 aromatic rings. The lowest BCUT2D eigenvalue weighted by Crippen LogP contribution is -2.24. The minimum absolute atomic E-state index is 0.132. The summed E-state index contributed by atoms with van der Waals surface area (Å²) in [4.78, 5) is 15.4. The van der Waals surface area contributed by atoms with Crippen molar-refractivity contribution in [3.05, 3.63) is 70.7 Å². The molecule has 0 aliphatic rings. The molecule has 0 radical (unpaired) electrons. The number of nitrogens with one attached hydrogen (secondary N) is 2. The molecule has 1 aromatic heterocycles. The third kappa shape index (κ3) is 3.28. The minimum atomic E-state index is -0.319. The fourth-order valence-electron chi connectivity index (χ4n) is 2.70. The Morgan fingerprint density at radius 3 is 2.71 bits per heavy atom. The number of fused-ring (bicyclic) bond motifs is 1. The van der Waals surface area contributed by atoms with Crippen LogP contribution in [0.3, 0.4) is 0 Å². The molecular weight excluding hydrogens is 305 g/mol. The second-order valence-electron chi connectivity index (χ2n) is 5.68. The molecule has 24 heavy (non-hydrogen) atoms. The predicted molar refractivity (Wildman–Crippen MR) is 89.7 cm³/mol. The fourth-order valence-corrected chi connectivity index (χ4v) is 2.70. The summed E-state index contributed by atoms with van der Waals surface area (Å²) in [5.74, 6) is -0.451. The smallest absolute Gasteiger partial charge is 0.224 e. The normalized spacial score (nSPS) is 10.5. The quantitative estimate of drug-likeness (QED) is 0.774. The predicted octanol–water partition coefficient (Wildman–Crippen LogP) is 3.35. The Morgan fingerprint density at radius 1 is 1.25 bits per heavy atom. The number of nitriles is 1. The number of benzene rings is 2. The first kappa shape index (κ1) is 15.8. The SMILES string of the molecule is Cc1[nH]c2ccc(F)cc2c1CC(=O)NCc1ccc(C#N)cc1. The number of halogens is 1. The van der Waals surface area contributed by atoms with Crippen molar-refractivity contribution >= 4 is 16.8 Å². The van der Waals surface area contributed by atoms with E-state index in [9.17, 15) is 9.18 Å². The Labute approximate surface area is 138 Å². The zero-order valence-corrected chi connectivity index (χ0v) is 13.2. The summed E-state index contributed by atoms with van der Waals surface area (Å²) < 4.78 is 13.5. The standard InChI is InChI=1S/C19H16FN3O/c1-12-16(17-8-15(20)6-7-18(17)23-12)9-19(24)22-11-14-4-2-13(10-21)3-5-14/h2-8,23H,9,11H2,1H3,(H,22,24). The molecule has 1 heterocycles. The van der Waals surface area contributed by atoms with Crippen molar-refractivity contribution in [3.63, 3.8) is 0 Å². The minimum Gasteiger partial charge on any atom is -0.358 e. The van der Waals surface area contributed by atoms with Gasteiger partial charge in [-0.25, -0.2) is 4.39 Å². The molecule has 0 saturated carbocycles. The largest absolute Gasteiger partial charge is 0.358 e. The molecule has 0 saturated heterocycles. The van der Waals surface area contributed by atoms with Gasteiger partial charge in [-0.15, -0.1) is 0 Å². The van der Waals surface area contributed by atoms with Crippen LogP contribution in [0.4, 0.5) is 4.39 Å². The summed E-state index contributed by atoms with van der Waals surface area (Å²) >= 11 is 0. The Kier molecular flexibility index (Phi) is 4.30. The second kappa shape index (κ2) is 6.55. The molecule has 120 valence electrons. The highest BCUT2D eigenvalue weighted by Gasteiger charge is 2.13. The third-order valence-corrected chi connectivity index (χ3v) is 3.99. The van der Waals surface area contributed by atoms with Gasteiger partial charge in [-0.2, -0.15) is 5.26 Å². The first-order chi connectivity index (χ1) is 11.6. The fraction of sp³-hybridized carbons (Fsp3) is 0.158. The molecule has 0 fully saturated rings. The lowest BCUT2D eigenvalue weighted by atomic mass is 10.1. The molecule has 0 bridgehead atoms. The monoisotopic (exact) mass is 321 g/mol. The Hall–Kier alpha value is -3.13. The number of amides is 1. The number of rotatable bonds is 4. The lowest BCUT2D eigenvalue weighted by molar-refractivity contribution is -0.120. The van der Waals surface area contributed by atoms with Crippen LogP contribution in [0.5, 0.6) is 0 Å². The molecule has 2 aromatic carbocycles. The summed E-state index contributed by atoms with van der Waals surface area (Å²) in [6.45, 7) is 2.27. The highest BCUT2D eigenvalue weighted by Crippen LogP contribution is 2.23. The molecule has 5 heteroatoms. The summed E-state index contributed by atoms with van der Waals surface area (Å²) in [5, 5.41) is 12.4. The number of aromatic amines is 1. The number of carbonyl (C=O) groups is 1. The summed E-state index contributed by atoms with van der Waals surface area (Å²) in [6, 6.07) is 13.6. The Bertz CT molecular complexity index is 936. The van der Waals surface area contributed by atoms with Crippen molar-refractivity contribution in [2.75, 3.05) is 0 Å². The van der Waals surface area contributed by atoms with Gasteiger partial charge in [-0.1, -0.05) is 12.1 Å². The van der Waals surface area contributed by atoms with E-state index in [2.05, 4.69) is 16.4 Å². The van der Waals surface area contributed by atoms with E-state index in [1.54, 1.807) is 18.2 Å². The van der Waals surface area contributed by atoms with Crippen LogP contribution in [0.1, 0.15) is 22.4 Å². The highest BCUT2D eigenvalue weighted by molar-refractivity contribution is 5.90. The van der Waals surface area contributed by atoms with E-state index in [4.69, 9.17) is 5.26 Å². The lowest BCUT2D eigenvalue weighted by Gasteiger charge is -2.06. The molecule has 0 aliphatic carbocycles. The van der Waals surface area contributed by atoms with Gasteiger partial charge in [0.05, 0.1) is 18.1 Å². The molecule has 0 unspecified atom stereocenters. The van der Waals surface area contributed by atoms with Gasteiger partial charge in [-0.3, -0.25) is 4.79 Å². The van der Waals surface area contributed by atoms with E-state index >= 15 is 0 Å². The van der Waals surface area contributed by atoms with Crippen LogP contribution in [0.15, 0.2) is 42.5 Å². The first-order valence-corrected chi connectivity index (χ1v) is 7.59. The van der Waals surface area contributed by atoms with E-state index in [0.29, 0.717) is 12.1 Å². The average molecular weight is 321 g/mol. The molecule has 0 aliphatic heterocycles. The van der Waals surface area contributed by atoms with Crippen LogP contribution in [0, 0.1) is 24.1 Å². The Balaban J connectivity index is 1.69. The maximum atomic E-state index is 13.5. The molecule has 4 nitrogen and oxygen atoms in total. The summed E-state index contributed by atoms with van der Waals surface area (Å²) in [6.07, 6.45) is 0.186. The van der Waals surface area contributed by atoms with E-state index in [1.165, 1.54) is 12.1 Å². The van der Waals surface area contributed by atoms with E-state index in [-0.39, 0.29) is 18.1 Å². The van der Waals surface area contributed by atoms with Crippen LogP contribution in [0.2, 0.25) is 0 Å².